The second-order valence-electron chi connectivity index (χ2n) is 5.15. The summed E-state index contributed by atoms with van der Waals surface area (Å²) in [6.45, 7) is 0.706. The van der Waals surface area contributed by atoms with Gasteiger partial charge in [-0.1, -0.05) is 25.7 Å². The number of rotatable bonds is 7. The second kappa shape index (κ2) is 7.02. The van der Waals surface area contributed by atoms with Crippen molar-refractivity contribution in [2.24, 2.45) is 5.92 Å². The fourth-order valence-electron chi connectivity index (χ4n) is 2.66. The molecular weight excluding hydrogens is 258 g/mol. The summed E-state index contributed by atoms with van der Waals surface area (Å²) in [6, 6.07) is 0. The number of nitro groups is 1. The molecule has 1 saturated carbocycles. The Hall–Kier alpha value is -1.92. The van der Waals surface area contributed by atoms with Gasteiger partial charge >= 0.3 is 5.69 Å². The third-order valence-corrected chi connectivity index (χ3v) is 3.75. The molecule has 2 N–H and O–H groups in total. The van der Waals surface area contributed by atoms with E-state index in [0.717, 1.165) is 12.3 Å². The van der Waals surface area contributed by atoms with Crippen LogP contribution in [0, 0.1) is 16.0 Å². The highest BCUT2D eigenvalue weighted by atomic mass is 16.6. The third-order valence-electron chi connectivity index (χ3n) is 3.75. The van der Waals surface area contributed by atoms with Gasteiger partial charge in [0.05, 0.1) is 4.92 Å². The minimum atomic E-state index is -0.460. The lowest BCUT2D eigenvalue weighted by atomic mass is 10.0. The molecule has 0 saturated heterocycles. The Bertz CT molecular complexity index is 460. The van der Waals surface area contributed by atoms with Crippen molar-refractivity contribution < 1.29 is 4.92 Å². The molecule has 1 fully saturated rings. The van der Waals surface area contributed by atoms with Crippen LogP contribution in [0.5, 0.6) is 0 Å². The molecule has 1 aromatic rings. The zero-order chi connectivity index (χ0) is 14.4. The van der Waals surface area contributed by atoms with Crippen LogP contribution in [-0.2, 0) is 0 Å². The number of hydrogen-bond acceptors (Lipinski definition) is 6. The van der Waals surface area contributed by atoms with Gasteiger partial charge < -0.3 is 10.6 Å². The smallest absolute Gasteiger partial charge is 0.329 e. The van der Waals surface area contributed by atoms with Gasteiger partial charge in [-0.3, -0.25) is 10.1 Å². The van der Waals surface area contributed by atoms with E-state index in [0.29, 0.717) is 18.3 Å². The second-order valence-corrected chi connectivity index (χ2v) is 5.15. The van der Waals surface area contributed by atoms with Crippen molar-refractivity contribution in [3.63, 3.8) is 0 Å². The number of hydrogen-bond donors (Lipinski definition) is 2. The summed E-state index contributed by atoms with van der Waals surface area (Å²) >= 11 is 0. The first-order valence-corrected chi connectivity index (χ1v) is 7.13. The van der Waals surface area contributed by atoms with Crippen LogP contribution in [0.4, 0.5) is 17.5 Å². The maximum atomic E-state index is 10.9. The summed E-state index contributed by atoms with van der Waals surface area (Å²) in [6.07, 6.45) is 8.79. The van der Waals surface area contributed by atoms with Crippen LogP contribution < -0.4 is 10.6 Å². The monoisotopic (exact) mass is 279 g/mol. The Morgan fingerprint density at radius 1 is 1.45 bits per heavy atom. The first-order valence-electron chi connectivity index (χ1n) is 7.13. The lowest BCUT2D eigenvalue weighted by molar-refractivity contribution is -0.384. The molecule has 0 amide bonds. The van der Waals surface area contributed by atoms with E-state index >= 15 is 0 Å². The summed E-state index contributed by atoms with van der Waals surface area (Å²) in [4.78, 5) is 18.4. The van der Waals surface area contributed by atoms with Gasteiger partial charge in [0.2, 0.25) is 11.8 Å². The van der Waals surface area contributed by atoms with Gasteiger partial charge in [-0.25, -0.2) is 4.98 Å². The van der Waals surface area contributed by atoms with Crippen molar-refractivity contribution in [1.82, 2.24) is 9.97 Å². The SMILES string of the molecule is CNc1ncc([N+](=O)[O-])c(NCCCC2CCCC2)n1. The molecule has 0 atom stereocenters. The quantitative estimate of drug-likeness (QED) is 0.453. The predicted octanol–water partition coefficient (Wildman–Crippen LogP) is 2.81. The molecule has 0 unspecified atom stereocenters. The van der Waals surface area contributed by atoms with E-state index in [1.807, 2.05) is 0 Å². The normalized spacial score (nSPS) is 15.2. The zero-order valence-corrected chi connectivity index (χ0v) is 11.8. The van der Waals surface area contributed by atoms with Gasteiger partial charge in [0.25, 0.3) is 0 Å². The minimum Gasteiger partial charge on any atom is -0.364 e. The Labute approximate surface area is 118 Å². The molecule has 2 rings (SSSR count). The lowest BCUT2D eigenvalue weighted by Gasteiger charge is -2.10. The van der Waals surface area contributed by atoms with Gasteiger partial charge in [0.1, 0.15) is 6.20 Å². The molecule has 0 spiro atoms. The molecular formula is C13H21N5O2. The molecule has 110 valence electrons. The zero-order valence-electron chi connectivity index (χ0n) is 11.8. The van der Waals surface area contributed by atoms with Gasteiger partial charge in [0.15, 0.2) is 0 Å². The van der Waals surface area contributed by atoms with E-state index in [9.17, 15) is 10.1 Å². The highest BCUT2D eigenvalue weighted by molar-refractivity contribution is 5.56. The van der Waals surface area contributed by atoms with Crippen LogP contribution in [0.15, 0.2) is 6.20 Å². The Kier molecular flexibility index (Phi) is 5.09. The molecule has 1 aliphatic carbocycles. The van der Waals surface area contributed by atoms with Gasteiger partial charge in [-0.15, -0.1) is 0 Å². The first kappa shape index (κ1) is 14.5. The predicted molar refractivity (Wildman–Crippen MR) is 77.9 cm³/mol. The van der Waals surface area contributed by atoms with E-state index in [1.54, 1.807) is 7.05 Å². The largest absolute Gasteiger partial charge is 0.364 e. The van der Waals surface area contributed by atoms with Crippen molar-refractivity contribution in [1.29, 1.82) is 0 Å². The van der Waals surface area contributed by atoms with Crippen molar-refractivity contribution >= 4 is 17.5 Å². The fraction of sp³-hybridized carbons (Fsp3) is 0.692. The Morgan fingerprint density at radius 3 is 2.85 bits per heavy atom. The molecule has 7 nitrogen and oxygen atoms in total. The Morgan fingerprint density at radius 2 is 2.20 bits per heavy atom. The molecule has 7 heteroatoms. The van der Waals surface area contributed by atoms with Crippen LogP contribution in [0.25, 0.3) is 0 Å². The summed E-state index contributed by atoms with van der Waals surface area (Å²) in [5.74, 6) is 1.51. The van der Waals surface area contributed by atoms with Crippen molar-refractivity contribution in [3.05, 3.63) is 16.3 Å². The first-order chi connectivity index (χ1) is 9.70. The molecule has 20 heavy (non-hydrogen) atoms. The Balaban J connectivity index is 1.88. The van der Waals surface area contributed by atoms with Crippen LogP contribution in [0.3, 0.4) is 0 Å². The van der Waals surface area contributed by atoms with Gasteiger partial charge in [-0.05, 0) is 18.8 Å². The molecule has 1 aromatic heterocycles. The molecule has 1 heterocycles. The topological polar surface area (TPSA) is 93.0 Å². The molecule has 0 aliphatic heterocycles. The van der Waals surface area contributed by atoms with E-state index in [-0.39, 0.29) is 5.69 Å². The molecule has 1 aliphatic rings. The number of nitrogens with one attached hydrogen (secondary N) is 2. The summed E-state index contributed by atoms with van der Waals surface area (Å²) < 4.78 is 0. The highest BCUT2D eigenvalue weighted by Gasteiger charge is 2.17. The van der Waals surface area contributed by atoms with Gasteiger partial charge in [-0.2, -0.15) is 4.98 Å². The average Bonchev–Trinajstić information content (AvgIpc) is 2.96. The molecule has 0 aromatic carbocycles. The van der Waals surface area contributed by atoms with Crippen LogP contribution >= 0.6 is 0 Å². The third kappa shape index (κ3) is 3.79. The highest BCUT2D eigenvalue weighted by Crippen LogP contribution is 2.28. The maximum absolute atomic E-state index is 10.9. The standard InChI is InChI=1S/C13H21N5O2/c1-14-13-16-9-11(18(19)20)12(17-13)15-8-4-7-10-5-2-3-6-10/h9-10H,2-8H2,1H3,(H2,14,15,16,17). The van der Waals surface area contributed by atoms with E-state index < -0.39 is 4.92 Å². The van der Waals surface area contributed by atoms with Crippen molar-refractivity contribution in [2.75, 3.05) is 24.2 Å². The van der Waals surface area contributed by atoms with Gasteiger partial charge in [0, 0.05) is 13.6 Å². The molecule has 0 bridgehead atoms. The lowest BCUT2D eigenvalue weighted by Crippen LogP contribution is -2.09. The van der Waals surface area contributed by atoms with Crippen molar-refractivity contribution in [3.8, 4) is 0 Å². The number of anilines is 2. The summed E-state index contributed by atoms with van der Waals surface area (Å²) in [5.41, 5.74) is -0.0788. The molecule has 0 radical (unpaired) electrons. The summed E-state index contributed by atoms with van der Waals surface area (Å²) in [7, 11) is 1.69. The fourth-order valence-corrected chi connectivity index (χ4v) is 2.66. The number of nitrogens with zero attached hydrogens (tertiary/aromatic N) is 3. The van der Waals surface area contributed by atoms with Crippen LogP contribution in [-0.4, -0.2) is 28.5 Å². The van der Waals surface area contributed by atoms with E-state index in [4.69, 9.17) is 0 Å². The van der Waals surface area contributed by atoms with E-state index in [2.05, 4.69) is 20.6 Å². The van der Waals surface area contributed by atoms with E-state index in [1.165, 1.54) is 38.3 Å². The van der Waals surface area contributed by atoms with Crippen LogP contribution in [0.2, 0.25) is 0 Å². The maximum Gasteiger partial charge on any atom is 0.329 e. The summed E-state index contributed by atoms with van der Waals surface area (Å²) in [5, 5.41) is 16.8. The van der Waals surface area contributed by atoms with Crippen molar-refractivity contribution in [2.45, 2.75) is 38.5 Å². The van der Waals surface area contributed by atoms with Crippen LogP contribution in [0.1, 0.15) is 38.5 Å². The average molecular weight is 279 g/mol. The number of aromatic nitrogens is 2. The minimum absolute atomic E-state index is 0.0788.